The molecule has 0 fully saturated rings. The van der Waals surface area contributed by atoms with Crippen molar-refractivity contribution in [2.45, 2.75) is 0 Å². The van der Waals surface area contributed by atoms with Gasteiger partial charge in [-0.2, -0.15) is 0 Å². The highest BCUT2D eigenvalue weighted by Crippen LogP contribution is 2.27. The molecule has 1 N–H and O–H groups in total. The minimum atomic E-state index is -0.771. The molecule has 7 heteroatoms. The summed E-state index contributed by atoms with van der Waals surface area (Å²) >= 11 is 7.57. The number of rotatable bonds is 1. The van der Waals surface area contributed by atoms with Crippen molar-refractivity contribution in [3.63, 3.8) is 0 Å². The molecule has 0 aliphatic carbocycles. The lowest BCUT2D eigenvalue weighted by molar-refractivity contribution is 0.529. The predicted octanol–water partition coefficient (Wildman–Crippen LogP) is 3.44. The van der Waals surface area contributed by atoms with Gasteiger partial charge in [0, 0.05) is 4.47 Å². The molecule has 0 bridgehead atoms. The van der Waals surface area contributed by atoms with Crippen molar-refractivity contribution in [3.8, 4) is 11.5 Å². The number of hydrogen-bond acceptors (Lipinski definition) is 3. The van der Waals surface area contributed by atoms with Gasteiger partial charge in [0.2, 0.25) is 0 Å². The van der Waals surface area contributed by atoms with Gasteiger partial charge in [0.1, 0.15) is 17.2 Å². The molecule has 0 amide bonds. The van der Waals surface area contributed by atoms with Crippen LogP contribution in [-0.2, 0) is 0 Å². The number of hydrogen-bond donors (Lipinski definition) is 1. The van der Waals surface area contributed by atoms with Crippen LogP contribution in [0, 0.1) is 16.5 Å². The molecule has 0 radical (unpaired) electrons. The fraction of sp³-hybridized carbons (Fsp3) is 0. The second-order valence-electron chi connectivity index (χ2n) is 2.66. The third-order valence-electron chi connectivity index (χ3n) is 1.66. The van der Waals surface area contributed by atoms with Crippen molar-refractivity contribution in [1.82, 2.24) is 10.2 Å². The number of halogens is 3. The zero-order valence-corrected chi connectivity index (χ0v) is 9.45. The predicted molar refractivity (Wildman–Crippen MR) is 54.7 cm³/mol. The van der Waals surface area contributed by atoms with E-state index in [-0.39, 0.29) is 16.3 Å². The minimum absolute atomic E-state index is 0.0354. The van der Waals surface area contributed by atoms with Crippen molar-refractivity contribution < 1.29 is 13.2 Å². The Morgan fingerprint density at radius 1 is 1.33 bits per heavy atom. The van der Waals surface area contributed by atoms with Gasteiger partial charge in [-0.05, 0) is 24.4 Å². The molecule has 0 unspecified atom stereocenters. The second-order valence-corrected chi connectivity index (χ2v) is 3.95. The van der Waals surface area contributed by atoms with Crippen LogP contribution < -0.4 is 0 Å². The van der Waals surface area contributed by atoms with Crippen molar-refractivity contribution in [1.29, 1.82) is 0 Å². The Kier molecular flexibility index (Phi) is 2.66. The van der Waals surface area contributed by atoms with Crippen molar-refractivity contribution in [2.24, 2.45) is 0 Å². The van der Waals surface area contributed by atoms with Crippen LogP contribution in [0.2, 0.25) is 0 Å². The Labute approximate surface area is 96.2 Å². The van der Waals surface area contributed by atoms with Crippen molar-refractivity contribution in [3.05, 3.63) is 33.1 Å². The van der Waals surface area contributed by atoms with E-state index in [2.05, 4.69) is 38.3 Å². The highest BCUT2D eigenvalue weighted by Gasteiger charge is 2.17. The summed E-state index contributed by atoms with van der Waals surface area (Å²) in [4.78, 5) is -0.0354. The maximum absolute atomic E-state index is 13.4. The molecule has 15 heavy (non-hydrogen) atoms. The number of aromatic amines is 1. The van der Waals surface area contributed by atoms with E-state index >= 15 is 0 Å². The lowest BCUT2D eigenvalue weighted by atomic mass is 10.2. The standard InChI is InChI=1S/C8H3BrF2N2OS/c9-3-1-4(10)6(5(11)2-3)7-12-13-8(15)14-7/h1-2H,(H,13,15). The Morgan fingerprint density at radius 2 is 1.93 bits per heavy atom. The van der Waals surface area contributed by atoms with E-state index in [9.17, 15) is 8.78 Å². The van der Waals surface area contributed by atoms with Gasteiger partial charge in [-0.15, -0.1) is 5.10 Å². The lowest BCUT2D eigenvalue weighted by Gasteiger charge is -2.00. The molecule has 0 aliphatic rings. The summed E-state index contributed by atoms with van der Waals surface area (Å²) in [5.74, 6) is -1.75. The molecule has 2 aromatic rings. The average Bonchev–Trinajstić information content (AvgIpc) is 2.49. The quantitative estimate of drug-likeness (QED) is 0.819. The first-order chi connectivity index (χ1) is 7.08. The summed E-state index contributed by atoms with van der Waals surface area (Å²) in [6.45, 7) is 0. The van der Waals surface area contributed by atoms with Crippen molar-refractivity contribution >= 4 is 28.1 Å². The van der Waals surface area contributed by atoms with Crippen LogP contribution in [0.5, 0.6) is 0 Å². The van der Waals surface area contributed by atoms with Gasteiger partial charge in [0.25, 0.3) is 10.7 Å². The molecular formula is C8H3BrF2N2OS. The molecule has 0 saturated carbocycles. The molecular weight excluding hydrogens is 290 g/mol. The van der Waals surface area contributed by atoms with Crippen LogP contribution in [0.25, 0.3) is 11.5 Å². The molecule has 3 nitrogen and oxygen atoms in total. The first-order valence-electron chi connectivity index (χ1n) is 3.78. The van der Waals surface area contributed by atoms with Crippen LogP contribution in [0.4, 0.5) is 8.78 Å². The van der Waals surface area contributed by atoms with E-state index in [1.165, 1.54) is 0 Å². The normalized spacial score (nSPS) is 10.6. The third kappa shape index (κ3) is 1.98. The van der Waals surface area contributed by atoms with E-state index in [0.29, 0.717) is 4.47 Å². The molecule has 0 spiro atoms. The van der Waals surface area contributed by atoms with Gasteiger partial charge in [-0.3, -0.25) is 0 Å². The van der Waals surface area contributed by atoms with E-state index in [0.717, 1.165) is 12.1 Å². The molecule has 2 rings (SSSR count). The summed E-state index contributed by atoms with van der Waals surface area (Å²) in [5, 5.41) is 5.84. The van der Waals surface area contributed by atoms with E-state index < -0.39 is 11.6 Å². The van der Waals surface area contributed by atoms with E-state index in [4.69, 9.17) is 4.42 Å². The topological polar surface area (TPSA) is 41.8 Å². The van der Waals surface area contributed by atoms with Crippen LogP contribution in [0.1, 0.15) is 0 Å². The fourth-order valence-corrected chi connectivity index (χ4v) is 1.61. The first kappa shape index (κ1) is 10.4. The van der Waals surface area contributed by atoms with E-state index in [1.807, 2.05) is 0 Å². The molecule has 78 valence electrons. The van der Waals surface area contributed by atoms with Crippen LogP contribution in [-0.4, -0.2) is 10.2 Å². The fourth-order valence-electron chi connectivity index (χ4n) is 1.08. The number of aromatic nitrogens is 2. The molecule has 0 atom stereocenters. The second kappa shape index (κ2) is 3.82. The minimum Gasteiger partial charge on any atom is -0.409 e. The van der Waals surface area contributed by atoms with E-state index in [1.54, 1.807) is 0 Å². The van der Waals surface area contributed by atoms with Gasteiger partial charge in [-0.1, -0.05) is 15.9 Å². The SMILES string of the molecule is Fc1cc(Br)cc(F)c1-c1n[nH]c(=S)o1. The zero-order chi connectivity index (χ0) is 11.0. The molecule has 1 aromatic carbocycles. The van der Waals surface area contributed by atoms with Gasteiger partial charge < -0.3 is 4.42 Å². The largest absolute Gasteiger partial charge is 0.409 e. The molecule has 0 saturated heterocycles. The Hall–Kier alpha value is -1.08. The maximum atomic E-state index is 13.4. The maximum Gasteiger partial charge on any atom is 0.284 e. The Bertz CT molecular complexity index is 543. The summed E-state index contributed by atoms with van der Waals surface area (Å²) < 4.78 is 31.9. The van der Waals surface area contributed by atoms with Gasteiger partial charge >= 0.3 is 0 Å². The van der Waals surface area contributed by atoms with Gasteiger partial charge in [0.05, 0.1) is 0 Å². The number of nitrogens with zero attached hydrogens (tertiary/aromatic N) is 1. The molecule has 1 aromatic heterocycles. The van der Waals surface area contributed by atoms with Crippen LogP contribution in [0.15, 0.2) is 21.0 Å². The highest BCUT2D eigenvalue weighted by molar-refractivity contribution is 9.10. The highest BCUT2D eigenvalue weighted by atomic mass is 79.9. The van der Waals surface area contributed by atoms with Crippen molar-refractivity contribution in [2.75, 3.05) is 0 Å². The Morgan fingerprint density at radius 3 is 2.40 bits per heavy atom. The smallest absolute Gasteiger partial charge is 0.284 e. The Balaban J connectivity index is 2.67. The number of H-pyrrole nitrogens is 1. The summed E-state index contributed by atoms with van der Waals surface area (Å²) in [7, 11) is 0. The number of nitrogens with one attached hydrogen (secondary N) is 1. The first-order valence-corrected chi connectivity index (χ1v) is 4.98. The van der Waals surface area contributed by atoms with Gasteiger partial charge in [-0.25, -0.2) is 13.9 Å². The zero-order valence-electron chi connectivity index (χ0n) is 7.05. The summed E-state index contributed by atoms with van der Waals surface area (Å²) in [6, 6.07) is 2.23. The third-order valence-corrected chi connectivity index (χ3v) is 2.29. The molecule has 1 heterocycles. The molecule has 0 aliphatic heterocycles. The van der Waals surface area contributed by atoms with Crippen LogP contribution in [0.3, 0.4) is 0 Å². The summed E-state index contributed by atoms with van der Waals surface area (Å²) in [5.41, 5.74) is -0.342. The summed E-state index contributed by atoms with van der Waals surface area (Å²) in [6.07, 6.45) is 0. The lowest BCUT2D eigenvalue weighted by Crippen LogP contribution is -1.90. The average molecular weight is 293 g/mol. The van der Waals surface area contributed by atoms with Crippen LogP contribution >= 0.6 is 28.1 Å². The van der Waals surface area contributed by atoms with Gasteiger partial charge in [0.15, 0.2) is 0 Å². The number of benzene rings is 1. The monoisotopic (exact) mass is 292 g/mol.